The summed E-state index contributed by atoms with van der Waals surface area (Å²) in [7, 11) is 0. The molecule has 0 radical (unpaired) electrons. The molecule has 1 saturated heterocycles. The van der Waals surface area contributed by atoms with Crippen LogP contribution in [0.25, 0.3) is 0 Å². The molecule has 3 aromatic carbocycles. The molecule has 0 bridgehead atoms. The van der Waals surface area contributed by atoms with E-state index in [-0.39, 0.29) is 24.1 Å². The van der Waals surface area contributed by atoms with Gasteiger partial charge in [-0.1, -0.05) is 17.7 Å². The maximum atomic E-state index is 12.7. The van der Waals surface area contributed by atoms with Crippen molar-refractivity contribution in [2.45, 2.75) is 6.92 Å². The maximum absolute atomic E-state index is 12.7. The van der Waals surface area contributed by atoms with Gasteiger partial charge in [-0.25, -0.2) is 0 Å². The Morgan fingerprint density at radius 1 is 0.914 bits per heavy atom. The number of nitrogens with one attached hydrogen (secondary N) is 1. The van der Waals surface area contributed by atoms with Crippen molar-refractivity contribution >= 4 is 28.9 Å². The fraction of sp³-hybridized carbons (Fsp3) is 0.231. The summed E-state index contributed by atoms with van der Waals surface area (Å²) in [6.07, 6.45) is 0. The van der Waals surface area contributed by atoms with Crippen LogP contribution in [0.1, 0.15) is 15.9 Å². The zero-order valence-electron chi connectivity index (χ0n) is 19.3. The van der Waals surface area contributed by atoms with Crippen molar-refractivity contribution in [2.75, 3.05) is 43.0 Å². The number of benzene rings is 3. The molecule has 0 unspecified atom stereocenters. The molecule has 0 atom stereocenters. The lowest BCUT2D eigenvalue weighted by atomic mass is 10.1. The number of ether oxygens (including phenoxy) is 1. The van der Waals surface area contributed by atoms with E-state index in [4.69, 9.17) is 4.74 Å². The number of carbonyl (C=O) groups excluding carboxylic acids is 2. The van der Waals surface area contributed by atoms with Gasteiger partial charge in [0.1, 0.15) is 5.75 Å². The number of nitrogens with zero attached hydrogens (tertiary/aromatic N) is 3. The predicted octanol–water partition coefficient (Wildman–Crippen LogP) is 3.88. The summed E-state index contributed by atoms with van der Waals surface area (Å²) in [6.45, 7) is 4.53. The molecule has 1 N–H and O–H groups in total. The van der Waals surface area contributed by atoms with E-state index in [2.05, 4.69) is 10.2 Å². The standard InChI is InChI=1S/C26H26N4O5/c1-19-2-4-20(5-3-19)26(32)29-16-14-28(15-17-29)22-8-6-21(7-9-22)27-25(31)18-35-24-12-10-23(11-13-24)30(33)34/h2-13H,14-18H2,1H3,(H,27,31). The highest BCUT2D eigenvalue weighted by Gasteiger charge is 2.22. The van der Waals surface area contributed by atoms with Crippen molar-refractivity contribution in [1.29, 1.82) is 0 Å². The fourth-order valence-corrected chi connectivity index (χ4v) is 3.81. The van der Waals surface area contributed by atoms with Crippen LogP contribution in [0.5, 0.6) is 5.75 Å². The first-order valence-electron chi connectivity index (χ1n) is 11.3. The molecule has 1 fully saturated rings. The van der Waals surface area contributed by atoms with Crippen molar-refractivity contribution in [3.05, 3.63) is 94.0 Å². The van der Waals surface area contributed by atoms with Gasteiger partial charge in [0.15, 0.2) is 6.61 Å². The monoisotopic (exact) mass is 474 g/mol. The Morgan fingerprint density at radius 2 is 1.54 bits per heavy atom. The van der Waals surface area contributed by atoms with E-state index in [1.165, 1.54) is 24.3 Å². The Balaban J connectivity index is 1.24. The molecule has 4 rings (SSSR count). The predicted molar refractivity (Wildman–Crippen MR) is 133 cm³/mol. The highest BCUT2D eigenvalue weighted by atomic mass is 16.6. The van der Waals surface area contributed by atoms with Crippen molar-refractivity contribution in [3.63, 3.8) is 0 Å². The molecule has 1 aliphatic heterocycles. The van der Waals surface area contributed by atoms with Crippen LogP contribution in [0.3, 0.4) is 0 Å². The minimum Gasteiger partial charge on any atom is -0.484 e. The van der Waals surface area contributed by atoms with Crippen LogP contribution < -0.4 is 15.0 Å². The molecule has 9 heteroatoms. The molecular formula is C26H26N4O5. The van der Waals surface area contributed by atoms with Crippen LogP contribution >= 0.6 is 0 Å². The molecule has 3 aromatic rings. The Morgan fingerprint density at radius 3 is 2.14 bits per heavy atom. The number of rotatable bonds is 7. The number of anilines is 2. The topological polar surface area (TPSA) is 105 Å². The summed E-state index contributed by atoms with van der Waals surface area (Å²) in [5.41, 5.74) is 3.46. The van der Waals surface area contributed by atoms with Gasteiger partial charge in [0.05, 0.1) is 4.92 Å². The van der Waals surface area contributed by atoms with Crippen LogP contribution in [0.4, 0.5) is 17.1 Å². The third-order valence-corrected chi connectivity index (χ3v) is 5.80. The van der Waals surface area contributed by atoms with Gasteiger partial charge in [-0.05, 0) is 55.5 Å². The number of non-ortho nitro benzene ring substituents is 1. The van der Waals surface area contributed by atoms with Crippen molar-refractivity contribution in [1.82, 2.24) is 4.90 Å². The first-order valence-corrected chi connectivity index (χ1v) is 11.3. The lowest BCUT2D eigenvalue weighted by Gasteiger charge is -2.36. The number of carbonyl (C=O) groups is 2. The van der Waals surface area contributed by atoms with Crippen molar-refractivity contribution < 1.29 is 19.2 Å². The van der Waals surface area contributed by atoms with E-state index in [9.17, 15) is 19.7 Å². The van der Waals surface area contributed by atoms with E-state index >= 15 is 0 Å². The second-order valence-corrected chi connectivity index (χ2v) is 8.28. The summed E-state index contributed by atoms with van der Waals surface area (Å²) >= 11 is 0. The summed E-state index contributed by atoms with van der Waals surface area (Å²) < 4.78 is 5.39. The molecule has 0 aliphatic carbocycles. The molecule has 9 nitrogen and oxygen atoms in total. The third kappa shape index (κ3) is 6.14. The Labute approximate surface area is 203 Å². The van der Waals surface area contributed by atoms with Crippen LogP contribution in [0.2, 0.25) is 0 Å². The molecule has 0 saturated carbocycles. The average Bonchev–Trinajstić information content (AvgIpc) is 2.88. The Hall–Kier alpha value is -4.40. The van der Waals surface area contributed by atoms with Gasteiger partial charge in [-0.2, -0.15) is 0 Å². The number of aryl methyl sites for hydroxylation is 1. The highest BCUT2D eigenvalue weighted by Crippen LogP contribution is 2.21. The number of hydrogen-bond acceptors (Lipinski definition) is 6. The third-order valence-electron chi connectivity index (χ3n) is 5.80. The van der Waals surface area contributed by atoms with E-state index in [0.29, 0.717) is 30.1 Å². The smallest absolute Gasteiger partial charge is 0.269 e. The number of hydrogen-bond donors (Lipinski definition) is 1. The number of nitro groups is 1. The zero-order chi connectivity index (χ0) is 24.8. The van der Waals surface area contributed by atoms with Crippen LogP contribution in [0, 0.1) is 17.0 Å². The van der Waals surface area contributed by atoms with Crippen LogP contribution in [-0.4, -0.2) is 54.4 Å². The number of piperazine rings is 1. The normalized spacial score (nSPS) is 13.3. The largest absolute Gasteiger partial charge is 0.484 e. The van der Waals surface area contributed by atoms with Gasteiger partial charge in [-0.15, -0.1) is 0 Å². The molecule has 1 aliphatic rings. The minimum atomic E-state index is -0.495. The summed E-state index contributed by atoms with van der Waals surface area (Å²) in [5.74, 6) is 0.0964. The molecule has 35 heavy (non-hydrogen) atoms. The Kier molecular flexibility index (Phi) is 7.25. The molecule has 0 aromatic heterocycles. The number of nitro benzene ring substituents is 1. The first kappa shape index (κ1) is 23.7. The van der Waals surface area contributed by atoms with Crippen molar-refractivity contribution in [2.24, 2.45) is 0 Å². The van der Waals surface area contributed by atoms with E-state index in [1.807, 2.05) is 60.4 Å². The minimum absolute atomic E-state index is 0.0406. The summed E-state index contributed by atoms with van der Waals surface area (Å²) in [5, 5.41) is 13.5. The lowest BCUT2D eigenvalue weighted by molar-refractivity contribution is -0.384. The first-order chi connectivity index (χ1) is 16.9. The lowest BCUT2D eigenvalue weighted by Crippen LogP contribution is -2.48. The van der Waals surface area contributed by atoms with Gasteiger partial charge in [-0.3, -0.25) is 19.7 Å². The quantitative estimate of drug-likeness (QED) is 0.412. The van der Waals surface area contributed by atoms with E-state index in [0.717, 1.165) is 24.3 Å². The van der Waals surface area contributed by atoms with E-state index < -0.39 is 4.92 Å². The molecular weight excluding hydrogens is 448 g/mol. The summed E-state index contributed by atoms with van der Waals surface area (Å²) in [6, 6.07) is 20.7. The number of amides is 2. The van der Waals surface area contributed by atoms with Gasteiger partial charge in [0.25, 0.3) is 17.5 Å². The van der Waals surface area contributed by atoms with Gasteiger partial charge in [0, 0.05) is 55.2 Å². The van der Waals surface area contributed by atoms with Gasteiger partial charge >= 0.3 is 0 Å². The molecule has 180 valence electrons. The van der Waals surface area contributed by atoms with Crippen LogP contribution in [-0.2, 0) is 4.79 Å². The molecule has 1 heterocycles. The molecule has 0 spiro atoms. The summed E-state index contributed by atoms with van der Waals surface area (Å²) in [4.78, 5) is 39.2. The van der Waals surface area contributed by atoms with Gasteiger partial charge in [0.2, 0.25) is 0 Å². The molecule has 2 amide bonds. The van der Waals surface area contributed by atoms with Crippen molar-refractivity contribution in [3.8, 4) is 5.75 Å². The second kappa shape index (κ2) is 10.7. The fourth-order valence-electron chi connectivity index (χ4n) is 3.81. The van der Waals surface area contributed by atoms with E-state index in [1.54, 1.807) is 0 Å². The maximum Gasteiger partial charge on any atom is 0.269 e. The zero-order valence-corrected chi connectivity index (χ0v) is 19.3. The van der Waals surface area contributed by atoms with Crippen LogP contribution in [0.15, 0.2) is 72.8 Å². The Bertz CT molecular complexity index is 1190. The highest BCUT2D eigenvalue weighted by molar-refractivity contribution is 5.94. The SMILES string of the molecule is Cc1ccc(C(=O)N2CCN(c3ccc(NC(=O)COc4ccc([N+](=O)[O-])cc4)cc3)CC2)cc1. The second-order valence-electron chi connectivity index (χ2n) is 8.28. The van der Waals surface area contributed by atoms with Gasteiger partial charge < -0.3 is 19.9 Å². The average molecular weight is 475 g/mol.